The van der Waals surface area contributed by atoms with Crippen LogP contribution in [-0.2, 0) is 28.6 Å². The topological polar surface area (TPSA) is 78.9 Å². The molecule has 0 aromatic rings. The predicted octanol–water partition coefficient (Wildman–Crippen LogP) is 17.9. The van der Waals surface area contributed by atoms with Gasteiger partial charge in [0, 0.05) is 19.3 Å². The maximum Gasteiger partial charge on any atom is 0.306 e. The van der Waals surface area contributed by atoms with E-state index in [4.69, 9.17) is 14.2 Å². The van der Waals surface area contributed by atoms with E-state index in [-0.39, 0.29) is 37.5 Å². The number of ether oxygens (including phenoxy) is 3. The molecule has 0 spiro atoms. The van der Waals surface area contributed by atoms with Crippen LogP contribution in [0.4, 0.5) is 0 Å². The summed E-state index contributed by atoms with van der Waals surface area (Å²) in [6.07, 6.45) is 75.7. The van der Waals surface area contributed by atoms with Gasteiger partial charge in [0.05, 0.1) is 0 Å². The molecule has 0 radical (unpaired) electrons. The number of esters is 3. The van der Waals surface area contributed by atoms with Crippen molar-refractivity contribution in [1.29, 1.82) is 0 Å². The van der Waals surface area contributed by atoms with Gasteiger partial charge in [-0.2, -0.15) is 0 Å². The molecule has 0 aliphatic rings. The first-order chi connectivity index (χ1) is 33.0. The minimum absolute atomic E-state index is 0.106. The van der Waals surface area contributed by atoms with Crippen LogP contribution in [0.25, 0.3) is 0 Å². The summed E-state index contributed by atoms with van der Waals surface area (Å²) >= 11 is 0. The third-order valence-electron chi connectivity index (χ3n) is 10.9. The molecular weight excluding hydrogens is 829 g/mol. The lowest BCUT2D eigenvalue weighted by Gasteiger charge is -2.18. The largest absolute Gasteiger partial charge is 0.462 e. The van der Waals surface area contributed by atoms with Crippen LogP contribution in [0.1, 0.15) is 213 Å². The van der Waals surface area contributed by atoms with Crippen LogP contribution in [0.2, 0.25) is 0 Å². The SMILES string of the molecule is CC\C=C/C=C\C=C/C=C\C=C\C=C/C=C\CCCCCC(=O)OCC(COC(=O)CCCCCCCCCCCCCCCCC)OC(=O)CCCCCCC\C=C/C=C\C=C/C=C\CC. The van der Waals surface area contributed by atoms with Gasteiger partial charge in [-0.1, -0.05) is 270 Å². The van der Waals surface area contributed by atoms with E-state index in [1.807, 2.05) is 97.2 Å². The molecule has 0 aliphatic carbocycles. The lowest BCUT2D eigenvalue weighted by molar-refractivity contribution is -0.167. The average Bonchev–Trinajstić information content (AvgIpc) is 3.33. The Bertz CT molecular complexity index is 1480. The predicted molar refractivity (Wildman–Crippen MR) is 288 cm³/mol. The summed E-state index contributed by atoms with van der Waals surface area (Å²) < 4.78 is 16.8. The second-order valence-electron chi connectivity index (χ2n) is 17.3. The van der Waals surface area contributed by atoms with E-state index in [2.05, 4.69) is 57.2 Å². The van der Waals surface area contributed by atoms with Crippen LogP contribution in [0.3, 0.4) is 0 Å². The Morgan fingerprint density at radius 1 is 0.313 bits per heavy atom. The van der Waals surface area contributed by atoms with Gasteiger partial charge < -0.3 is 14.2 Å². The highest BCUT2D eigenvalue weighted by Crippen LogP contribution is 2.15. The van der Waals surface area contributed by atoms with Gasteiger partial charge in [0.2, 0.25) is 0 Å². The molecule has 1 atom stereocenters. The van der Waals surface area contributed by atoms with E-state index in [1.54, 1.807) is 0 Å². The summed E-state index contributed by atoms with van der Waals surface area (Å²) in [5.74, 6) is -0.981. The summed E-state index contributed by atoms with van der Waals surface area (Å²) in [5.41, 5.74) is 0. The Morgan fingerprint density at radius 3 is 0.925 bits per heavy atom. The molecule has 0 rings (SSSR count). The third-order valence-corrected chi connectivity index (χ3v) is 10.9. The summed E-state index contributed by atoms with van der Waals surface area (Å²) in [4.78, 5) is 38.1. The Labute approximate surface area is 411 Å². The zero-order chi connectivity index (χ0) is 48.6. The van der Waals surface area contributed by atoms with Gasteiger partial charge in [0.15, 0.2) is 6.10 Å². The van der Waals surface area contributed by atoms with Gasteiger partial charge in [-0.25, -0.2) is 0 Å². The van der Waals surface area contributed by atoms with Crippen molar-refractivity contribution in [2.75, 3.05) is 13.2 Å². The number of carbonyl (C=O) groups is 3. The van der Waals surface area contributed by atoms with Gasteiger partial charge in [0.1, 0.15) is 13.2 Å². The third kappa shape index (κ3) is 52.4. The van der Waals surface area contributed by atoms with E-state index >= 15 is 0 Å². The monoisotopic (exact) mass is 925 g/mol. The van der Waals surface area contributed by atoms with Crippen molar-refractivity contribution in [3.63, 3.8) is 0 Å². The van der Waals surface area contributed by atoms with Crippen molar-refractivity contribution in [3.8, 4) is 0 Å². The summed E-state index contributed by atoms with van der Waals surface area (Å²) in [7, 11) is 0. The molecule has 0 bridgehead atoms. The van der Waals surface area contributed by atoms with Gasteiger partial charge in [-0.15, -0.1) is 0 Å². The summed E-state index contributed by atoms with van der Waals surface area (Å²) in [6.45, 7) is 6.29. The molecule has 0 fully saturated rings. The second kappa shape index (κ2) is 54.2. The number of unbranched alkanes of at least 4 members (excludes halogenated alkanes) is 22. The summed E-state index contributed by atoms with van der Waals surface area (Å²) in [5, 5.41) is 0. The molecule has 6 heteroatoms. The van der Waals surface area contributed by atoms with Crippen molar-refractivity contribution >= 4 is 17.9 Å². The Morgan fingerprint density at radius 2 is 0.582 bits per heavy atom. The smallest absolute Gasteiger partial charge is 0.306 e. The molecule has 1 unspecified atom stereocenters. The quantitative estimate of drug-likeness (QED) is 0.0262. The standard InChI is InChI=1S/C61H96O6/c1-4-7-10-13-16-19-22-25-28-29-30-31-34-36-39-42-45-48-51-54-60(63)66-57-58(67-61(64)55-52-49-46-43-40-37-33-27-24-21-18-15-12-9-6-3)56-65-59(62)53-50-47-44-41-38-35-32-26-23-20-17-14-11-8-5-2/h7,9-10,12-13,15-16,18-19,21-22,24-25,27-31,33-34,36,39,58H,4-6,8,11,14,17,20,23,26,32,35,37-38,40-57H2,1-3H3/b10-7-,12-9-,16-13-,18-15-,22-19-,24-21-,28-25-,30-29+,33-27-,34-31-,39-36-. The minimum atomic E-state index is -0.813. The van der Waals surface area contributed by atoms with E-state index in [0.717, 1.165) is 96.3 Å². The number of allylic oxidation sites excluding steroid dienone is 22. The first kappa shape index (κ1) is 62.5. The molecule has 0 amide bonds. The van der Waals surface area contributed by atoms with E-state index in [0.29, 0.717) is 12.8 Å². The first-order valence-corrected chi connectivity index (χ1v) is 26.8. The molecule has 376 valence electrons. The Hall–Kier alpha value is -4.45. The molecule has 0 saturated carbocycles. The van der Waals surface area contributed by atoms with E-state index < -0.39 is 6.10 Å². The van der Waals surface area contributed by atoms with Crippen LogP contribution >= 0.6 is 0 Å². The van der Waals surface area contributed by atoms with E-state index in [9.17, 15) is 14.4 Å². The second-order valence-corrected chi connectivity index (χ2v) is 17.3. The molecule has 0 aromatic heterocycles. The molecule has 6 nitrogen and oxygen atoms in total. The van der Waals surface area contributed by atoms with Gasteiger partial charge in [-0.3, -0.25) is 14.4 Å². The highest BCUT2D eigenvalue weighted by Gasteiger charge is 2.19. The van der Waals surface area contributed by atoms with Crippen LogP contribution in [0, 0.1) is 0 Å². The molecule has 0 aromatic carbocycles. The molecule has 0 aliphatic heterocycles. The summed E-state index contributed by atoms with van der Waals surface area (Å²) in [6, 6.07) is 0. The zero-order valence-electron chi connectivity index (χ0n) is 42.9. The fraction of sp³-hybridized carbons (Fsp3) is 0.590. The van der Waals surface area contributed by atoms with Crippen molar-refractivity contribution < 1.29 is 28.6 Å². The molecule has 67 heavy (non-hydrogen) atoms. The lowest BCUT2D eigenvalue weighted by Crippen LogP contribution is -2.30. The molecule has 0 N–H and O–H groups in total. The fourth-order valence-corrected chi connectivity index (χ4v) is 6.96. The zero-order valence-corrected chi connectivity index (χ0v) is 42.9. The minimum Gasteiger partial charge on any atom is -0.462 e. The highest BCUT2D eigenvalue weighted by molar-refractivity contribution is 5.71. The maximum absolute atomic E-state index is 12.8. The van der Waals surface area contributed by atoms with Crippen LogP contribution in [-0.4, -0.2) is 37.2 Å². The normalized spacial score (nSPS) is 13.2. The number of carbonyl (C=O) groups excluding carboxylic acids is 3. The lowest BCUT2D eigenvalue weighted by atomic mass is 10.0. The molecule has 0 heterocycles. The average molecular weight is 925 g/mol. The van der Waals surface area contributed by atoms with Gasteiger partial charge >= 0.3 is 17.9 Å². The Balaban J connectivity index is 4.55. The van der Waals surface area contributed by atoms with Crippen molar-refractivity contribution in [2.24, 2.45) is 0 Å². The first-order valence-electron chi connectivity index (χ1n) is 26.8. The fourth-order valence-electron chi connectivity index (χ4n) is 6.96. The molecular formula is C61H96O6. The van der Waals surface area contributed by atoms with Crippen LogP contribution in [0.5, 0.6) is 0 Å². The number of hydrogen-bond acceptors (Lipinski definition) is 6. The Kier molecular flexibility index (Phi) is 50.6. The highest BCUT2D eigenvalue weighted by atomic mass is 16.6. The van der Waals surface area contributed by atoms with Gasteiger partial charge in [-0.05, 0) is 57.8 Å². The van der Waals surface area contributed by atoms with E-state index in [1.165, 1.54) is 77.0 Å². The van der Waals surface area contributed by atoms with Crippen LogP contribution in [0.15, 0.2) is 134 Å². The van der Waals surface area contributed by atoms with Crippen molar-refractivity contribution in [1.82, 2.24) is 0 Å². The van der Waals surface area contributed by atoms with Crippen molar-refractivity contribution in [3.05, 3.63) is 134 Å². The van der Waals surface area contributed by atoms with Crippen molar-refractivity contribution in [2.45, 2.75) is 219 Å². The maximum atomic E-state index is 12.8. The number of rotatable bonds is 46. The van der Waals surface area contributed by atoms with Gasteiger partial charge in [0.25, 0.3) is 0 Å². The molecule has 0 saturated heterocycles. The number of hydrogen-bond donors (Lipinski definition) is 0. The van der Waals surface area contributed by atoms with Crippen LogP contribution < -0.4 is 0 Å².